The summed E-state index contributed by atoms with van der Waals surface area (Å²) in [5.74, 6) is 2.37. The van der Waals surface area contributed by atoms with Crippen molar-refractivity contribution in [3.8, 4) is 5.75 Å². The van der Waals surface area contributed by atoms with Crippen LogP contribution < -0.4 is 26.0 Å². The fraction of sp³-hybridized carbons (Fsp3) is 0.462. The molecule has 2 aromatic carbocycles. The second kappa shape index (κ2) is 10.3. The average molecular weight is 448 g/mol. The molecule has 3 aliphatic rings. The van der Waals surface area contributed by atoms with Crippen molar-refractivity contribution < 1.29 is 9.53 Å². The third kappa shape index (κ3) is 5.85. The second-order valence-corrected chi connectivity index (χ2v) is 9.21. The molecule has 5 rings (SSSR count). The molecule has 0 unspecified atom stereocenters. The highest BCUT2D eigenvalue weighted by atomic mass is 16.5. The van der Waals surface area contributed by atoms with Crippen LogP contribution in [0.1, 0.15) is 53.9 Å². The Kier molecular flexibility index (Phi) is 6.76. The summed E-state index contributed by atoms with van der Waals surface area (Å²) in [6.07, 6.45) is 5.69. The lowest BCUT2D eigenvalue weighted by Crippen LogP contribution is -2.44. The van der Waals surface area contributed by atoms with Crippen molar-refractivity contribution in [2.24, 2.45) is 10.9 Å². The molecule has 0 bridgehead atoms. The number of carbonyl (C=O) groups is 1. The largest absolute Gasteiger partial charge is 0.493 e. The lowest BCUT2D eigenvalue weighted by molar-refractivity contribution is 0.100. The Morgan fingerprint density at radius 3 is 2.61 bits per heavy atom. The maximum atomic E-state index is 12.7. The first kappa shape index (κ1) is 21.8. The van der Waals surface area contributed by atoms with Gasteiger partial charge in [0.05, 0.1) is 6.61 Å². The number of piperidine rings is 1. The van der Waals surface area contributed by atoms with Crippen molar-refractivity contribution in [1.82, 2.24) is 16.0 Å². The van der Waals surface area contributed by atoms with E-state index in [4.69, 9.17) is 4.74 Å². The zero-order valence-corrected chi connectivity index (χ0v) is 19.0. The molecule has 2 heterocycles. The monoisotopic (exact) mass is 447 g/mol. The van der Waals surface area contributed by atoms with Crippen molar-refractivity contribution in [2.45, 2.75) is 38.0 Å². The fourth-order valence-electron chi connectivity index (χ4n) is 4.43. The second-order valence-electron chi connectivity index (χ2n) is 9.21. The molecule has 2 saturated heterocycles. The Morgan fingerprint density at radius 2 is 1.82 bits per heavy atom. The van der Waals surface area contributed by atoms with Gasteiger partial charge in [0.1, 0.15) is 5.75 Å². The third-order valence-corrected chi connectivity index (χ3v) is 6.52. The number of carbonyl (C=O) groups excluding carboxylic acids is 1. The van der Waals surface area contributed by atoms with Crippen LogP contribution in [0.25, 0.3) is 0 Å². The molecular weight excluding hydrogens is 414 g/mol. The average Bonchev–Trinajstić information content (AvgIpc) is 3.70. The number of benzene rings is 2. The van der Waals surface area contributed by atoms with Crippen LogP contribution in [0.4, 0.5) is 11.4 Å². The van der Waals surface area contributed by atoms with E-state index in [1.807, 2.05) is 30.3 Å². The Morgan fingerprint density at radius 1 is 1.00 bits per heavy atom. The number of rotatable bonds is 7. The normalized spacial score (nSPS) is 18.7. The van der Waals surface area contributed by atoms with E-state index in [0.29, 0.717) is 23.4 Å². The van der Waals surface area contributed by atoms with Crippen molar-refractivity contribution in [2.75, 3.05) is 38.1 Å². The number of hydrogen-bond donors (Lipinski definition) is 4. The lowest BCUT2D eigenvalue weighted by atomic mass is 9.99. The van der Waals surface area contributed by atoms with E-state index in [-0.39, 0.29) is 5.91 Å². The maximum Gasteiger partial charge on any atom is 0.280 e. The zero-order chi connectivity index (χ0) is 22.5. The molecular formula is C26H33N5O2. The number of hydrogen-bond acceptors (Lipinski definition) is 4. The van der Waals surface area contributed by atoms with Crippen LogP contribution in [0.15, 0.2) is 47.5 Å². The molecule has 1 aliphatic carbocycles. The summed E-state index contributed by atoms with van der Waals surface area (Å²) in [6, 6.07) is 14.0. The minimum atomic E-state index is -0.214. The summed E-state index contributed by atoms with van der Waals surface area (Å²) in [5.41, 5.74) is 3.86. The van der Waals surface area contributed by atoms with E-state index >= 15 is 0 Å². The first-order valence-electron chi connectivity index (χ1n) is 12.2. The van der Waals surface area contributed by atoms with Gasteiger partial charge in [-0.1, -0.05) is 6.07 Å². The Bertz CT molecular complexity index is 1000. The Labute approximate surface area is 195 Å². The number of aliphatic imine (C=N–C) groups is 1. The highest BCUT2D eigenvalue weighted by molar-refractivity contribution is 6.03. The van der Waals surface area contributed by atoms with Crippen LogP contribution in [-0.4, -0.2) is 44.7 Å². The first-order chi connectivity index (χ1) is 16.2. The van der Waals surface area contributed by atoms with Gasteiger partial charge in [0.15, 0.2) is 5.96 Å². The standard InChI is InChI=1S/C26H33N5O2/c32-25(31-26-28-11-2-12-29-26)20-7-8-24(23(15-20)19-5-6-19)30-21-3-1-4-22(16-21)33-17-18-9-13-27-14-10-18/h1,3-4,7-8,15-16,18-19,27,30H,2,5-6,9-14,17H2,(H2,28,29,31,32). The molecule has 0 spiro atoms. The van der Waals surface area contributed by atoms with Crippen molar-refractivity contribution >= 4 is 23.2 Å². The fourth-order valence-corrected chi connectivity index (χ4v) is 4.43. The lowest BCUT2D eigenvalue weighted by Gasteiger charge is -2.22. The minimum Gasteiger partial charge on any atom is -0.493 e. The summed E-state index contributed by atoms with van der Waals surface area (Å²) in [5, 5.41) is 13.2. The van der Waals surface area contributed by atoms with E-state index in [9.17, 15) is 4.79 Å². The first-order valence-corrected chi connectivity index (χ1v) is 12.2. The van der Waals surface area contributed by atoms with E-state index in [2.05, 4.69) is 38.4 Å². The van der Waals surface area contributed by atoms with Gasteiger partial charge in [-0.2, -0.15) is 4.99 Å². The number of nitrogens with one attached hydrogen (secondary N) is 4. The zero-order valence-electron chi connectivity index (χ0n) is 19.0. The number of ether oxygens (including phenoxy) is 1. The topological polar surface area (TPSA) is 86.8 Å². The molecule has 2 aromatic rings. The summed E-state index contributed by atoms with van der Waals surface area (Å²) in [6.45, 7) is 4.61. The summed E-state index contributed by atoms with van der Waals surface area (Å²) < 4.78 is 6.10. The summed E-state index contributed by atoms with van der Waals surface area (Å²) in [4.78, 5) is 16.9. The minimum absolute atomic E-state index is 0.214. The van der Waals surface area contributed by atoms with Crippen LogP contribution in [-0.2, 0) is 0 Å². The van der Waals surface area contributed by atoms with Crippen LogP contribution in [0.2, 0.25) is 0 Å². The molecule has 1 saturated carbocycles. The van der Waals surface area contributed by atoms with Gasteiger partial charge in [0.2, 0.25) is 0 Å². The molecule has 0 atom stereocenters. The predicted molar refractivity (Wildman–Crippen MR) is 132 cm³/mol. The van der Waals surface area contributed by atoms with E-state index in [1.165, 1.54) is 18.4 Å². The van der Waals surface area contributed by atoms with Crippen LogP contribution >= 0.6 is 0 Å². The molecule has 174 valence electrons. The number of amides is 1. The number of anilines is 2. The van der Waals surface area contributed by atoms with Gasteiger partial charge in [-0.05, 0) is 92.9 Å². The van der Waals surface area contributed by atoms with Gasteiger partial charge < -0.3 is 26.0 Å². The molecule has 7 heteroatoms. The highest BCUT2D eigenvalue weighted by Gasteiger charge is 2.27. The predicted octanol–water partition coefficient (Wildman–Crippen LogP) is 3.77. The van der Waals surface area contributed by atoms with E-state index in [1.54, 1.807) is 0 Å². The molecule has 1 amide bonds. The van der Waals surface area contributed by atoms with Crippen LogP contribution in [0.3, 0.4) is 0 Å². The molecule has 7 nitrogen and oxygen atoms in total. The van der Waals surface area contributed by atoms with Gasteiger partial charge in [-0.3, -0.25) is 4.79 Å². The molecule has 2 aliphatic heterocycles. The van der Waals surface area contributed by atoms with E-state index < -0.39 is 0 Å². The summed E-state index contributed by atoms with van der Waals surface area (Å²) >= 11 is 0. The van der Waals surface area contributed by atoms with Crippen LogP contribution in [0, 0.1) is 5.92 Å². The van der Waals surface area contributed by atoms with E-state index in [0.717, 1.165) is 69.2 Å². The van der Waals surface area contributed by atoms with Gasteiger partial charge in [0.25, 0.3) is 5.91 Å². The maximum absolute atomic E-state index is 12.7. The molecule has 3 fully saturated rings. The SMILES string of the molecule is O=C(N=C1NCCCN1)c1ccc(Nc2cccc(OCC3CCNCC3)c2)c(C2CC2)c1. The van der Waals surface area contributed by atoms with Crippen LogP contribution in [0.5, 0.6) is 5.75 Å². The summed E-state index contributed by atoms with van der Waals surface area (Å²) in [7, 11) is 0. The highest BCUT2D eigenvalue weighted by Crippen LogP contribution is 2.44. The van der Waals surface area contributed by atoms with Crippen molar-refractivity contribution in [1.29, 1.82) is 0 Å². The van der Waals surface area contributed by atoms with Crippen molar-refractivity contribution in [3.63, 3.8) is 0 Å². The van der Waals surface area contributed by atoms with Crippen molar-refractivity contribution in [3.05, 3.63) is 53.6 Å². The Hall–Kier alpha value is -3.06. The molecule has 0 radical (unpaired) electrons. The molecule has 0 aromatic heterocycles. The van der Waals surface area contributed by atoms with Gasteiger partial charge >= 0.3 is 0 Å². The van der Waals surface area contributed by atoms with Gasteiger partial charge in [-0.15, -0.1) is 0 Å². The third-order valence-electron chi connectivity index (χ3n) is 6.52. The van der Waals surface area contributed by atoms with Gasteiger partial charge in [-0.25, -0.2) is 0 Å². The Balaban J connectivity index is 1.27. The molecule has 33 heavy (non-hydrogen) atoms. The van der Waals surface area contributed by atoms with Gasteiger partial charge in [0, 0.05) is 36.1 Å². The molecule has 4 N–H and O–H groups in total. The number of nitrogens with zero attached hydrogens (tertiary/aromatic N) is 1. The number of guanidine groups is 1. The smallest absolute Gasteiger partial charge is 0.280 e. The quantitative estimate of drug-likeness (QED) is 0.517.